The SMILES string of the molecule is c1ccc(-c2ccc(N(c3ccc(-c4cccc(-c5oc6ccccc6c5-c5ccccc5)c4)cc3)c3ccccc3-c3ccccc3)cc2)cc1. The fraction of sp³-hybridized carbons (Fsp3) is 0. The van der Waals surface area contributed by atoms with Crippen molar-refractivity contribution in [1.29, 1.82) is 0 Å². The van der Waals surface area contributed by atoms with Crippen LogP contribution in [0, 0.1) is 0 Å². The van der Waals surface area contributed by atoms with Crippen LogP contribution in [0.5, 0.6) is 0 Å². The van der Waals surface area contributed by atoms with Crippen molar-refractivity contribution in [3.63, 3.8) is 0 Å². The van der Waals surface area contributed by atoms with Gasteiger partial charge in [-0.05, 0) is 75.8 Å². The molecule has 52 heavy (non-hydrogen) atoms. The van der Waals surface area contributed by atoms with Gasteiger partial charge in [-0.2, -0.15) is 0 Å². The Kier molecular flexibility index (Phi) is 8.24. The topological polar surface area (TPSA) is 16.4 Å². The normalized spacial score (nSPS) is 11.1. The van der Waals surface area contributed by atoms with E-state index in [2.05, 4.69) is 205 Å². The van der Waals surface area contributed by atoms with Crippen molar-refractivity contribution in [1.82, 2.24) is 0 Å². The van der Waals surface area contributed by atoms with E-state index >= 15 is 0 Å². The molecule has 1 aromatic heterocycles. The highest BCUT2D eigenvalue weighted by atomic mass is 16.3. The summed E-state index contributed by atoms with van der Waals surface area (Å²) >= 11 is 0. The molecule has 0 unspecified atom stereocenters. The summed E-state index contributed by atoms with van der Waals surface area (Å²) in [6.45, 7) is 0. The van der Waals surface area contributed by atoms with Gasteiger partial charge in [-0.1, -0.05) is 170 Å². The number of nitrogens with zero attached hydrogens (tertiary/aromatic N) is 1. The van der Waals surface area contributed by atoms with E-state index in [1.165, 1.54) is 22.3 Å². The second kappa shape index (κ2) is 13.8. The number of furan rings is 1. The van der Waals surface area contributed by atoms with Crippen molar-refractivity contribution in [3.8, 4) is 55.8 Å². The molecule has 0 amide bonds. The summed E-state index contributed by atoms with van der Waals surface area (Å²) in [7, 11) is 0. The van der Waals surface area contributed by atoms with Crippen LogP contribution in [-0.4, -0.2) is 0 Å². The van der Waals surface area contributed by atoms with Crippen LogP contribution in [0.3, 0.4) is 0 Å². The van der Waals surface area contributed by atoms with Crippen LogP contribution in [0.4, 0.5) is 17.1 Å². The third-order valence-electron chi connectivity index (χ3n) is 9.70. The Labute approximate surface area is 304 Å². The van der Waals surface area contributed by atoms with Crippen LogP contribution in [0.25, 0.3) is 66.8 Å². The minimum atomic E-state index is 0.883. The van der Waals surface area contributed by atoms with Crippen molar-refractivity contribution in [2.45, 2.75) is 0 Å². The fourth-order valence-electron chi connectivity index (χ4n) is 7.17. The van der Waals surface area contributed by atoms with Gasteiger partial charge in [0.15, 0.2) is 0 Å². The van der Waals surface area contributed by atoms with Crippen LogP contribution in [-0.2, 0) is 0 Å². The van der Waals surface area contributed by atoms with Crippen molar-refractivity contribution < 1.29 is 4.42 Å². The van der Waals surface area contributed by atoms with Crippen molar-refractivity contribution in [3.05, 3.63) is 212 Å². The zero-order valence-corrected chi connectivity index (χ0v) is 28.6. The standard InChI is InChI=1S/C50H35NO/c1-4-15-36(16-5-1)37-27-31-43(32-28-37)51(47-25-12-10-23-45(47)39-17-6-2-7-18-39)44-33-29-38(30-34-44)41-21-14-22-42(35-41)50-49(40-19-8-3-9-20-40)46-24-11-13-26-48(46)52-50/h1-35H. The lowest BCUT2D eigenvalue weighted by Gasteiger charge is -2.28. The number of hydrogen-bond acceptors (Lipinski definition) is 2. The van der Waals surface area contributed by atoms with Gasteiger partial charge in [-0.3, -0.25) is 0 Å². The number of benzene rings is 8. The molecule has 0 spiro atoms. The maximum atomic E-state index is 6.56. The molecule has 0 bridgehead atoms. The molecular formula is C50H35NO. The zero-order valence-electron chi connectivity index (χ0n) is 28.6. The molecule has 2 heteroatoms. The average Bonchev–Trinajstić information content (AvgIpc) is 3.63. The van der Waals surface area contributed by atoms with Crippen LogP contribution in [0.15, 0.2) is 217 Å². The first kappa shape index (κ1) is 31.1. The number of anilines is 3. The van der Waals surface area contributed by atoms with E-state index in [1.54, 1.807) is 0 Å². The molecule has 246 valence electrons. The van der Waals surface area contributed by atoms with Crippen LogP contribution >= 0.6 is 0 Å². The molecule has 0 fully saturated rings. The minimum absolute atomic E-state index is 0.883. The summed E-state index contributed by atoms with van der Waals surface area (Å²) in [5.41, 5.74) is 14.5. The Morgan fingerprint density at radius 2 is 0.808 bits per heavy atom. The van der Waals surface area contributed by atoms with Crippen molar-refractivity contribution in [2.75, 3.05) is 4.90 Å². The third kappa shape index (κ3) is 5.97. The molecular weight excluding hydrogens is 631 g/mol. The average molecular weight is 666 g/mol. The van der Waals surface area contributed by atoms with Gasteiger partial charge in [0.2, 0.25) is 0 Å². The molecule has 8 aromatic carbocycles. The van der Waals surface area contributed by atoms with Gasteiger partial charge in [0.1, 0.15) is 11.3 Å². The molecule has 0 saturated heterocycles. The highest BCUT2D eigenvalue weighted by Crippen LogP contribution is 2.44. The maximum Gasteiger partial charge on any atom is 0.143 e. The Bertz CT molecular complexity index is 2590. The van der Waals surface area contributed by atoms with Gasteiger partial charge in [0.05, 0.1) is 5.69 Å². The number of hydrogen-bond donors (Lipinski definition) is 0. The van der Waals surface area contributed by atoms with Gasteiger partial charge in [0, 0.05) is 33.5 Å². The smallest absolute Gasteiger partial charge is 0.143 e. The summed E-state index contributed by atoms with van der Waals surface area (Å²) in [6.07, 6.45) is 0. The van der Waals surface area contributed by atoms with Gasteiger partial charge in [0.25, 0.3) is 0 Å². The summed E-state index contributed by atoms with van der Waals surface area (Å²) in [5, 5.41) is 1.12. The second-order valence-electron chi connectivity index (χ2n) is 12.9. The number of fused-ring (bicyclic) bond motifs is 1. The first-order valence-corrected chi connectivity index (χ1v) is 17.7. The first-order chi connectivity index (χ1) is 25.8. The van der Waals surface area contributed by atoms with Crippen molar-refractivity contribution in [2.24, 2.45) is 0 Å². The largest absolute Gasteiger partial charge is 0.455 e. The third-order valence-corrected chi connectivity index (χ3v) is 9.70. The highest BCUT2D eigenvalue weighted by molar-refractivity contribution is 6.02. The molecule has 0 aliphatic carbocycles. The number of para-hydroxylation sites is 2. The van der Waals surface area contributed by atoms with E-state index in [9.17, 15) is 0 Å². The first-order valence-electron chi connectivity index (χ1n) is 17.7. The van der Waals surface area contributed by atoms with Gasteiger partial charge in [-0.15, -0.1) is 0 Å². The minimum Gasteiger partial charge on any atom is -0.455 e. The van der Waals surface area contributed by atoms with E-state index in [0.29, 0.717) is 0 Å². The van der Waals surface area contributed by atoms with Gasteiger partial charge in [-0.25, -0.2) is 0 Å². The quantitative estimate of drug-likeness (QED) is 0.161. The maximum absolute atomic E-state index is 6.56. The zero-order chi connectivity index (χ0) is 34.7. The molecule has 2 nitrogen and oxygen atoms in total. The molecule has 0 atom stereocenters. The van der Waals surface area contributed by atoms with E-state index in [0.717, 1.165) is 61.6 Å². The van der Waals surface area contributed by atoms with E-state index in [-0.39, 0.29) is 0 Å². The van der Waals surface area contributed by atoms with Gasteiger partial charge < -0.3 is 9.32 Å². The Morgan fingerprint density at radius 3 is 1.48 bits per heavy atom. The lowest BCUT2D eigenvalue weighted by molar-refractivity contribution is 0.632. The molecule has 0 radical (unpaired) electrons. The molecule has 0 saturated carbocycles. The van der Waals surface area contributed by atoms with E-state index < -0.39 is 0 Å². The van der Waals surface area contributed by atoms with Crippen molar-refractivity contribution >= 4 is 28.0 Å². The Hall–Kier alpha value is -6.90. The van der Waals surface area contributed by atoms with Crippen LogP contribution in [0.2, 0.25) is 0 Å². The molecule has 1 heterocycles. The highest BCUT2D eigenvalue weighted by Gasteiger charge is 2.19. The van der Waals surface area contributed by atoms with E-state index in [1.807, 2.05) is 12.1 Å². The second-order valence-corrected chi connectivity index (χ2v) is 12.9. The predicted molar refractivity (Wildman–Crippen MR) is 218 cm³/mol. The summed E-state index contributed by atoms with van der Waals surface area (Å²) in [6, 6.07) is 75.1. The van der Waals surface area contributed by atoms with Crippen LogP contribution in [0.1, 0.15) is 0 Å². The summed E-state index contributed by atoms with van der Waals surface area (Å²) in [5.74, 6) is 0.883. The molecule has 9 aromatic rings. The number of rotatable bonds is 8. The lowest BCUT2D eigenvalue weighted by atomic mass is 9.96. The molecule has 0 aliphatic heterocycles. The molecule has 0 aliphatic rings. The predicted octanol–water partition coefficient (Wildman–Crippen LogP) is 14.2. The fourth-order valence-corrected chi connectivity index (χ4v) is 7.17. The Balaban J connectivity index is 1.12. The summed E-state index contributed by atoms with van der Waals surface area (Å²) in [4.78, 5) is 2.36. The molecule has 9 rings (SSSR count). The van der Waals surface area contributed by atoms with Gasteiger partial charge >= 0.3 is 0 Å². The monoisotopic (exact) mass is 665 g/mol. The van der Waals surface area contributed by atoms with E-state index in [4.69, 9.17) is 4.42 Å². The molecule has 0 N–H and O–H groups in total. The van der Waals surface area contributed by atoms with Crippen LogP contribution < -0.4 is 4.90 Å². The Morgan fingerprint density at radius 1 is 0.327 bits per heavy atom. The summed E-state index contributed by atoms with van der Waals surface area (Å²) < 4.78 is 6.56. The lowest BCUT2D eigenvalue weighted by Crippen LogP contribution is -2.11.